The number of carboxylic acid groups (broad SMARTS) is 1. The summed E-state index contributed by atoms with van der Waals surface area (Å²) in [7, 11) is 1.58. The summed E-state index contributed by atoms with van der Waals surface area (Å²) >= 11 is 1.46. The molecule has 2 saturated carbocycles. The molecule has 2 aromatic heterocycles. The molecular formula is C43H57N7O8S. The first-order valence-corrected chi connectivity index (χ1v) is 22.0. The van der Waals surface area contributed by atoms with E-state index < -0.39 is 53.6 Å². The molecule has 15 nitrogen and oxygen atoms in total. The largest absolute Gasteiger partial charge is 0.497 e. The highest BCUT2D eigenvalue weighted by Crippen LogP contribution is 2.48. The lowest BCUT2D eigenvalue weighted by Gasteiger charge is -2.30. The average Bonchev–Trinajstić information content (AvgIpc) is 4.07. The third kappa shape index (κ3) is 9.58. The second kappa shape index (κ2) is 17.7. The van der Waals surface area contributed by atoms with E-state index in [4.69, 9.17) is 19.4 Å². The minimum absolute atomic E-state index is 0.00163. The van der Waals surface area contributed by atoms with Crippen LogP contribution in [0.4, 0.5) is 9.93 Å². The summed E-state index contributed by atoms with van der Waals surface area (Å²) in [5.74, 6) is -1.44. The molecule has 4 aliphatic rings. The van der Waals surface area contributed by atoms with Crippen LogP contribution in [0.1, 0.15) is 98.3 Å². The predicted octanol–water partition coefficient (Wildman–Crippen LogP) is 5.91. The lowest BCUT2D eigenvalue weighted by molar-refractivity contribution is -0.145. The molecule has 0 bridgehead atoms. The maximum absolute atomic E-state index is 14.7. The van der Waals surface area contributed by atoms with Crippen molar-refractivity contribution < 1.29 is 38.6 Å². The van der Waals surface area contributed by atoms with Gasteiger partial charge in [-0.1, -0.05) is 46.0 Å². The maximum Gasteiger partial charge on any atom is 0.329 e. The Morgan fingerprint density at radius 1 is 0.983 bits per heavy atom. The number of anilines is 1. The van der Waals surface area contributed by atoms with Crippen LogP contribution >= 0.6 is 11.3 Å². The predicted molar refractivity (Wildman–Crippen MR) is 223 cm³/mol. The van der Waals surface area contributed by atoms with Crippen molar-refractivity contribution in [1.29, 1.82) is 0 Å². The van der Waals surface area contributed by atoms with E-state index in [-0.39, 0.29) is 42.5 Å². The second-order valence-corrected chi connectivity index (χ2v) is 18.1. The van der Waals surface area contributed by atoms with E-state index in [9.17, 15) is 29.1 Å². The Kier molecular flexibility index (Phi) is 12.6. The normalized spacial score (nSPS) is 25.6. The molecule has 5 N–H and O–H groups in total. The summed E-state index contributed by atoms with van der Waals surface area (Å²) in [5.41, 5.74) is 0.413. The Morgan fingerprint density at radius 3 is 2.42 bits per heavy atom. The number of nitrogens with one attached hydrogen (secondary N) is 4. The van der Waals surface area contributed by atoms with Crippen LogP contribution in [0, 0.1) is 17.8 Å². The number of urea groups is 1. The maximum atomic E-state index is 14.7. The Balaban J connectivity index is 1.19. The van der Waals surface area contributed by atoms with Gasteiger partial charge in [-0.25, -0.2) is 19.6 Å². The van der Waals surface area contributed by atoms with Gasteiger partial charge in [0.1, 0.15) is 40.9 Å². The molecule has 4 amide bonds. The van der Waals surface area contributed by atoms with Gasteiger partial charge in [-0.15, -0.1) is 11.3 Å². The van der Waals surface area contributed by atoms with E-state index in [0.717, 1.165) is 43.7 Å². The fraction of sp³-hybridized carbons (Fsp3) is 0.605. The molecule has 3 aromatic rings. The van der Waals surface area contributed by atoms with Crippen LogP contribution in [0.25, 0.3) is 22.3 Å². The fourth-order valence-electron chi connectivity index (χ4n) is 8.50. The number of thiazole rings is 1. The van der Waals surface area contributed by atoms with Gasteiger partial charge in [-0.3, -0.25) is 14.4 Å². The van der Waals surface area contributed by atoms with Gasteiger partial charge in [-0.05, 0) is 69.9 Å². The van der Waals surface area contributed by atoms with Gasteiger partial charge in [0.2, 0.25) is 11.8 Å². The Labute approximate surface area is 348 Å². The number of hydrogen-bond acceptors (Lipinski definition) is 11. The van der Waals surface area contributed by atoms with Gasteiger partial charge in [-0.2, -0.15) is 0 Å². The van der Waals surface area contributed by atoms with E-state index in [2.05, 4.69) is 21.3 Å². The molecule has 6 atom stereocenters. The van der Waals surface area contributed by atoms with Crippen molar-refractivity contribution in [3.8, 4) is 22.9 Å². The topological polar surface area (TPSA) is 201 Å². The van der Waals surface area contributed by atoms with Crippen LogP contribution in [-0.2, 0) is 19.2 Å². The molecule has 0 spiro atoms. The van der Waals surface area contributed by atoms with Gasteiger partial charge < -0.3 is 40.7 Å². The lowest BCUT2D eigenvalue weighted by Crippen LogP contribution is -2.58. The van der Waals surface area contributed by atoms with Crippen molar-refractivity contribution >= 4 is 57.0 Å². The number of carbonyl (C=O) groups excluding carboxylic acids is 4. The van der Waals surface area contributed by atoms with Gasteiger partial charge in [0, 0.05) is 41.3 Å². The number of methoxy groups -OCH3 is 1. The number of ether oxygens (including phenoxy) is 2. The molecule has 2 aliphatic heterocycles. The van der Waals surface area contributed by atoms with Crippen molar-refractivity contribution in [3.63, 3.8) is 0 Å². The number of benzene rings is 1. The first-order chi connectivity index (χ1) is 28.3. The van der Waals surface area contributed by atoms with Crippen molar-refractivity contribution in [3.05, 3.63) is 29.6 Å². The molecule has 1 aromatic carbocycles. The SMILES string of the molecule is COc1ccc2c(O[C@@H]3C[C@H]4C(=O)N[C@]5(C(=O)O)C[C@@H]5CCCCCCC[C@H](NC(=O)N[C@H](C(=O)C5CC5)C(C)C)C(=O)N4C3)cc(-c3csc(NC(C)C)n3)nc2c1. The molecule has 4 fully saturated rings. The smallest absolute Gasteiger partial charge is 0.329 e. The number of pyridine rings is 1. The number of aromatic nitrogens is 2. The number of carbonyl (C=O) groups is 5. The van der Waals surface area contributed by atoms with Crippen LogP contribution in [0.3, 0.4) is 0 Å². The zero-order valence-corrected chi connectivity index (χ0v) is 35.4. The van der Waals surface area contributed by atoms with Crippen molar-refractivity contribution in [2.45, 2.75) is 134 Å². The van der Waals surface area contributed by atoms with Crippen LogP contribution in [0.15, 0.2) is 29.6 Å². The lowest BCUT2D eigenvalue weighted by atomic mass is 9.97. The van der Waals surface area contributed by atoms with Crippen molar-refractivity contribution in [2.24, 2.45) is 17.8 Å². The molecule has 16 heteroatoms. The first kappa shape index (κ1) is 42.1. The van der Waals surface area contributed by atoms with Crippen molar-refractivity contribution in [1.82, 2.24) is 30.8 Å². The number of fused-ring (bicyclic) bond motifs is 3. The van der Waals surface area contributed by atoms with Crippen LogP contribution in [-0.4, -0.2) is 99.0 Å². The third-order valence-electron chi connectivity index (χ3n) is 12.0. The minimum Gasteiger partial charge on any atom is -0.497 e. The molecule has 59 heavy (non-hydrogen) atoms. The molecule has 0 unspecified atom stereocenters. The van der Waals surface area contributed by atoms with E-state index in [1.165, 1.54) is 16.2 Å². The van der Waals surface area contributed by atoms with Crippen molar-refractivity contribution in [2.75, 3.05) is 19.0 Å². The van der Waals surface area contributed by atoms with Crippen LogP contribution in [0.2, 0.25) is 0 Å². The zero-order chi connectivity index (χ0) is 42.0. The highest BCUT2D eigenvalue weighted by molar-refractivity contribution is 7.14. The number of carboxylic acids is 1. The number of nitrogens with zero attached hydrogens (tertiary/aromatic N) is 3. The quantitative estimate of drug-likeness (QED) is 0.145. The van der Waals surface area contributed by atoms with Gasteiger partial charge in [0.05, 0.1) is 30.9 Å². The summed E-state index contributed by atoms with van der Waals surface area (Å²) in [6.45, 7) is 7.83. The first-order valence-electron chi connectivity index (χ1n) is 21.1. The molecule has 318 valence electrons. The summed E-state index contributed by atoms with van der Waals surface area (Å²) in [4.78, 5) is 79.5. The van der Waals surface area contributed by atoms with E-state index in [1.807, 2.05) is 45.2 Å². The summed E-state index contributed by atoms with van der Waals surface area (Å²) in [5, 5.41) is 25.6. The summed E-state index contributed by atoms with van der Waals surface area (Å²) in [6.07, 6.45) is 6.45. The summed E-state index contributed by atoms with van der Waals surface area (Å²) < 4.78 is 12.3. The molecule has 7 rings (SSSR count). The minimum atomic E-state index is -1.39. The number of aliphatic carboxylic acids is 1. The second-order valence-electron chi connectivity index (χ2n) is 17.3. The Bertz CT molecular complexity index is 2070. The standard InChI is InChI=1S/C43H57N7O8S/c1-23(2)36(37(51)25-13-14-25)48-41(56)46-30-12-10-8-6-7-9-11-26-20-43(26,40(54)55)49-38(52)34-18-28(21-50(34)39(30)53)58-35-19-32(33-22-59-42(47-33)44-24(3)4)45-31-17-27(57-5)15-16-29(31)35/h15-17,19,22-26,28,30,34,36H,6-14,18,20-21H2,1-5H3,(H,44,47)(H,49,52)(H,54,55)(H2,46,48,56)/t26-,28+,30-,34-,36-,43+/m0/s1. The summed E-state index contributed by atoms with van der Waals surface area (Å²) in [6, 6.07) is 4.07. The van der Waals surface area contributed by atoms with E-state index >= 15 is 0 Å². The molecular weight excluding hydrogens is 775 g/mol. The van der Waals surface area contributed by atoms with E-state index in [1.54, 1.807) is 19.2 Å². The number of ketones is 1. The van der Waals surface area contributed by atoms with Crippen LogP contribution < -0.4 is 30.7 Å². The van der Waals surface area contributed by atoms with Crippen LogP contribution in [0.5, 0.6) is 11.5 Å². The molecule has 2 aliphatic carbocycles. The Morgan fingerprint density at radius 2 is 1.73 bits per heavy atom. The number of amides is 4. The Hall–Kier alpha value is -4.99. The van der Waals surface area contributed by atoms with Gasteiger partial charge in [0.25, 0.3) is 0 Å². The fourth-order valence-corrected chi connectivity index (χ4v) is 9.35. The average molecular weight is 832 g/mol. The molecule has 4 heterocycles. The van der Waals surface area contributed by atoms with Gasteiger partial charge >= 0.3 is 12.0 Å². The zero-order valence-electron chi connectivity index (χ0n) is 34.5. The number of hydrogen-bond donors (Lipinski definition) is 5. The molecule has 2 saturated heterocycles. The highest BCUT2D eigenvalue weighted by Gasteiger charge is 2.62. The van der Waals surface area contributed by atoms with Gasteiger partial charge in [0.15, 0.2) is 10.9 Å². The molecule has 0 radical (unpaired) electrons. The number of Topliss-reactive ketones (excluding diaryl/α,β-unsaturated/α-hetero) is 1. The third-order valence-corrected chi connectivity index (χ3v) is 12.8. The number of rotatable bonds is 12. The monoisotopic (exact) mass is 831 g/mol. The van der Waals surface area contributed by atoms with E-state index in [0.29, 0.717) is 59.5 Å². The highest BCUT2D eigenvalue weighted by atomic mass is 32.1.